The molecule has 2 aromatic carbocycles. The van der Waals surface area contributed by atoms with Gasteiger partial charge in [0.05, 0.1) is 10.6 Å². The third kappa shape index (κ3) is 3.84. The molecule has 0 aliphatic rings. The average molecular weight is 319 g/mol. The highest BCUT2D eigenvalue weighted by Gasteiger charge is 2.14. The largest absolute Gasteiger partial charge is 0.506 e. The molecule has 0 spiro atoms. The van der Waals surface area contributed by atoms with Gasteiger partial charge >= 0.3 is 6.03 Å². The summed E-state index contributed by atoms with van der Waals surface area (Å²) in [7, 11) is 1.56. The molecule has 2 amide bonds. The van der Waals surface area contributed by atoms with Crippen LogP contribution in [-0.4, -0.2) is 23.7 Å². The number of urea groups is 1. The van der Waals surface area contributed by atoms with Crippen molar-refractivity contribution >= 4 is 34.4 Å². The number of amides is 2. The van der Waals surface area contributed by atoms with Gasteiger partial charge in [-0.15, -0.1) is 0 Å². The maximum absolute atomic E-state index is 11.5. The molecule has 5 nitrogen and oxygen atoms in total. The molecule has 2 aromatic rings. The van der Waals surface area contributed by atoms with Gasteiger partial charge in [0.2, 0.25) is 0 Å². The monoisotopic (exact) mass is 319 g/mol. The number of fused-ring (bicyclic) bond motifs is 1. The Bertz CT molecular complexity index is 696. The molecule has 4 N–H and O–H groups in total. The molecule has 0 saturated heterocycles. The normalized spacial score (nSPS) is 11.5. The third-order valence-corrected chi connectivity index (χ3v) is 4.20. The molecule has 0 fully saturated rings. The molecule has 0 unspecified atom stereocenters. The van der Waals surface area contributed by atoms with E-state index < -0.39 is 0 Å². The molecule has 0 heterocycles. The predicted octanol–water partition coefficient (Wildman–Crippen LogP) is 3.69. The van der Waals surface area contributed by atoms with E-state index >= 15 is 0 Å². The first-order valence-corrected chi connectivity index (χ1v) is 7.81. The van der Waals surface area contributed by atoms with E-state index in [1.807, 2.05) is 18.2 Å². The fourth-order valence-electron chi connectivity index (χ4n) is 1.91. The number of carbonyl (C=O) groups excluding carboxylic acids is 1. The molecule has 0 radical (unpaired) electrons. The fraction of sp³-hybridized carbons (Fsp3) is 0.312. The molecule has 0 aliphatic heterocycles. The van der Waals surface area contributed by atoms with Crippen LogP contribution in [0.25, 0.3) is 10.8 Å². The zero-order chi connectivity index (χ0) is 16.3. The smallest absolute Gasteiger partial charge is 0.318 e. The van der Waals surface area contributed by atoms with Crippen LogP contribution in [-0.2, 0) is 0 Å². The van der Waals surface area contributed by atoms with Crippen LogP contribution in [0.15, 0.2) is 35.2 Å². The highest BCUT2D eigenvalue weighted by molar-refractivity contribution is 7.97. The van der Waals surface area contributed by atoms with E-state index in [2.05, 4.69) is 36.1 Å². The molecular weight excluding hydrogens is 298 g/mol. The predicted molar refractivity (Wildman–Crippen MR) is 92.4 cm³/mol. The van der Waals surface area contributed by atoms with Gasteiger partial charge in [0.1, 0.15) is 5.75 Å². The summed E-state index contributed by atoms with van der Waals surface area (Å²) in [5.74, 6) is 0.208. The van der Waals surface area contributed by atoms with Crippen molar-refractivity contribution in [3.05, 3.63) is 30.3 Å². The van der Waals surface area contributed by atoms with E-state index in [1.54, 1.807) is 19.2 Å². The first kappa shape index (κ1) is 16.5. The maximum Gasteiger partial charge on any atom is 0.318 e. The second kappa shape index (κ2) is 6.46. The van der Waals surface area contributed by atoms with Crippen LogP contribution in [0.1, 0.15) is 20.8 Å². The molecule has 0 aliphatic carbocycles. The van der Waals surface area contributed by atoms with Crippen LogP contribution in [0.5, 0.6) is 5.75 Å². The molecule has 22 heavy (non-hydrogen) atoms. The lowest BCUT2D eigenvalue weighted by Gasteiger charge is -2.20. The average Bonchev–Trinajstić information content (AvgIpc) is 2.46. The Morgan fingerprint density at radius 3 is 2.50 bits per heavy atom. The van der Waals surface area contributed by atoms with Crippen LogP contribution in [0, 0.1) is 0 Å². The summed E-state index contributed by atoms with van der Waals surface area (Å²) >= 11 is 1.39. The van der Waals surface area contributed by atoms with Crippen LogP contribution < -0.4 is 15.4 Å². The zero-order valence-corrected chi connectivity index (χ0v) is 14.0. The first-order chi connectivity index (χ1) is 10.3. The molecule has 118 valence electrons. The lowest BCUT2D eigenvalue weighted by molar-refractivity contribution is 0.254. The van der Waals surface area contributed by atoms with Crippen molar-refractivity contribution < 1.29 is 9.90 Å². The molecule has 0 atom stereocenters. The Kier molecular flexibility index (Phi) is 4.83. The second-order valence-corrected chi connectivity index (χ2v) is 6.82. The van der Waals surface area contributed by atoms with Crippen LogP contribution >= 0.6 is 11.9 Å². The minimum absolute atomic E-state index is 0.0608. The van der Waals surface area contributed by atoms with Gasteiger partial charge in [-0.2, -0.15) is 0 Å². The molecule has 0 saturated carbocycles. The number of aromatic hydroxyl groups is 1. The van der Waals surface area contributed by atoms with Crippen molar-refractivity contribution in [1.82, 2.24) is 10.0 Å². The van der Waals surface area contributed by atoms with Crippen molar-refractivity contribution in [2.75, 3.05) is 12.4 Å². The summed E-state index contributed by atoms with van der Waals surface area (Å²) in [4.78, 5) is 12.2. The Morgan fingerprint density at radius 2 is 1.86 bits per heavy atom. The van der Waals surface area contributed by atoms with Crippen LogP contribution in [0.4, 0.5) is 10.5 Å². The third-order valence-electron chi connectivity index (χ3n) is 2.94. The Hall–Kier alpha value is -1.92. The summed E-state index contributed by atoms with van der Waals surface area (Å²) in [6.07, 6.45) is 0. The van der Waals surface area contributed by atoms with Gasteiger partial charge in [-0.25, -0.2) is 4.79 Å². The number of nitrogens with one attached hydrogen (secondary N) is 3. The van der Waals surface area contributed by atoms with E-state index in [-0.39, 0.29) is 17.3 Å². The second-order valence-electron chi connectivity index (χ2n) is 5.97. The summed E-state index contributed by atoms with van der Waals surface area (Å²) in [6, 6.07) is 8.89. The summed E-state index contributed by atoms with van der Waals surface area (Å²) in [5.41, 5.74) is 0.599. The number of phenols is 1. The van der Waals surface area contributed by atoms with Gasteiger partial charge in [0.15, 0.2) is 0 Å². The van der Waals surface area contributed by atoms with E-state index in [9.17, 15) is 9.90 Å². The van der Waals surface area contributed by atoms with E-state index in [0.29, 0.717) is 11.1 Å². The van der Waals surface area contributed by atoms with Crippen molar-refractivity contribution in [2.24, 2.45) is 0 Å². The standard InChI is InChI=1S/C16H21N3O2S/c1-16(2,3)19-22-13-9-8-10-11(14(13)20)6-5-7-12(10)18-15(21)17-4/h5-9,19-20H,1-4H3,(H2,17,18,21). The van der Waals surface area contributed by atoms with E-state index in [0.717, 1.165) is 10.3 Å². The molecule has 6 heteroatoms. The topological polar surface area (TPSA) is 73.4 Å². The number of hydrogen-bond donors (Lipinski definition) is 4. The lowest BCUT2D eigenvalue weighted by atomic mass is 10.1. The summed E-state index contributed by atoms with van der Waals surface area (Å²) in [6.45, 7) is 6.18. The van der Waals surface area contributed by atoms with Crippen LogP contribution in [0.3, 0.4) is 0 Å². The van der Waals surface area contributed by atoms with Gasteiger partial charge in [-0.1, -0.05) is 18.2 Å². The Morgan fingerprint density at radius 1 is 1.14 bits per heavy atom. The SMILES string of the molecule is CNC(=O)Nc1cccc2c(O)c(SNC(C)(C)C)ccc12. The van der Waals surface area contributed by atoms with E-state index in [1.165, 1.54) is 11.9 Å². The minimum atomic E-state index is -0.292. The maximum atomic E-state index is 11.5. The first-order valence-electron chi connectivity index (χ1n) is 6.99. The van der Waals surface area contributed by atoms with Crippen molar-refractivity contribution in [3.8, 4) is 5.75 Å². The van der Waals surface area contributed by atoms with Crippen LogP contribution in [0.2, 0.25) is 0 Å². The number of hydrogen-bond acceptors (Lipinski definition) is 4. The number of carbonyl (C=O) groups is 1. The number of phenolic OH excluding ortho intramolecular Hbond substituents is 1. The minimum Gasteiger partial charge on any atom is -0.506 e. The number of benzene rings is 2. The summed E-state index contributed by atoms with van der Waals surface area (Å²) < 4.78 is 3.28. The quantitative estimate of drug-likeness (QED) is 0.651. The molecule has 2 rings (SSSR count). The molecular formula is C16H21N3O2S. The Labute approximate surface area is 134 Å². The fourth-order valence-corrected chi connectivity index (χ4v) is 2.67. The summed E-state index contributed by atoms with van der Waals surface area (Å²) in [5, 5.41) is 17.2. The van der Waals surface area contributed by atoms with Gasteiger partial charge in [0, 0.05) is 23.4 Å². The van der Waals surface area contributed by atoms with Crippen molar-refractivity contribution in [2.45, 2.75) is 31.2 Å². The molecule has 0 aromatic heterocycles. The van der Waals surface area contributed by atoms with Gasteiger partial charge in [-0.05, 0) is 44.9 Å². The Balaban J connectivity index is 2.38. The number of anilines is 1. The van der Waals surface area contributed by atoms with Gasteiger partial charge in [-0.3, -0.25) is 4.72 Å². The van der Waals surface area contributed by atoms with Gasteiger partial charge < -0.3 is 15.7 Å². The van der Waals surface area contributed by atoms with Gasteiger partial charge in [0.25, 0.3) is 0 Å². The zero-order valence-electron chi connectivity index (χ0n) is 13.2. The van der Waals surface area contributed by atoms with E-state index in [4.69, 9.17) is 0 Å². The van der Waals surface area contributed by atoms with Crippen molar-refractivity contribution in [1.29, 1.82) is 0 Å². The van der Waals surface area contributed by atoms with Crippen molar-refractivity contribution in [3.63, 3.8) is 0 Å². The highest BCUT2D eigenvalue weighted by atomic mass is 32.2. The highest BCUT2D eigenvalue weighted by Crippen LogP contribution is 2.37. The molecule has 0 bridgehead atoms. The number of rotatable bonds is 3. The lowest BCUT2D eigenvalue weighted by Crippen LogP contribution is -2.29.